The first-order valence-corrected chi connectivity index (χ1v) is 8.48. The van der Waals surface area contributed by atoms with Gasteiger partial charge < -0.3 is 5.32 Å². The minimum absolute atomic E-state index is 0.0581. The van der Waals surface area contributed by atoms with Gasteiger partial charge in [-0.05, 0) is 41.7 Å². The van der Waals surface area contributed by atoms with Crippen molar-refractivity contribution >= 4 is 11.6 Å². The smallest absolute Gasteiger partial charge is 0.228 e. The van der Waals surface area contributed by atoms with Crippen molar-refractivity contribution in [1.82, 2.24) is 9.97 Å². The summed E-state index contributed by atoms with van der Waals surface area (Å²) >= 11 is 0. The third kappa shape index (κ3) is 3.15. The van der Waals surface area contributed by atoms with E-state index in [1.54, 1.807) is 0 Å². The van der Waals surface area contributed by atoms with E-state index in [2.05, 4.69) is 46.5 Å². The maximum absolute atomic E-state index is 11.6. The highest BCUT2D eigenvalue weighted by molar-refractivity contribution is 6.00. The van der Waals surface area contributed by atoms with Crippen molar-refractivity contribution in [1.29, 1.82) is 0 Å². The van der Waals surface area contributed by atoms with Crippen LogP contribution in [0.2, 0.25) is 0 Å². The standard InChI is InChI=1S/C21H19N3O/c1-14-17(8-9-19-18(14)11-21(25)24-19)16-12-22-20(23-13-16)10-7-15-5-3-2-4-6-15/h2-6,8-9,12-13H,7,10-11H2,1H3,(H,24,25). The summed E-state index contributed by atoms with van der Waals surface area (Å²) in [4.78, 5) is 20.6. The molecule has 1 amide bonds. The summed E-state index contributed by atoms with van der Waals surface area (Å²) in [5.74, 6) is 0.908. The molecule has 1 aromatic heterocycles. The zero-order valence-corrected chi connectivity index (χ0v) is 14.1. The van der Waals surface area contributed by atoms with Gasteiger partial charge in [-0.2, -0.15) is 0 Å². The molecule has 0 unspecified atom stereocenters. The minimum Gasteiger partial charge on any atom is -0.326 e. The zero-order valence-electron chi connectivity index (χ0n) is 14.1. The number of carbonyl (C=O) groups is 1. The third-order valence-corrected chi connectivity index (χ3v) is 4.71. The Morgan fingerprint density at radius 3 is 2.52 bits per heavy atom. The Morgan fingerprint density at radius 1 is 1.00 bits per heavy atom. The SMILES string of the molecule is Cc1c(-c2cnc(CCc3ccccc3)nc2)ccc2c1CC(=O)N2. The summed E-state index contributed by atoms with van der Waals surface area (Å²) < 4.78 is 0. The van der Waals surface area contributed by atoms with E-state index in [-0.39, 0.29) is 5.91 Å². The van der Waals surface area contributed by atoms with E-state index in [0.29, 0.717) is 6.42 Å². The Labute approximate surface area is 147 Å². The summed E-state index contributed by atoms with van der Waals surface area (Å²) in [5.41, 5.74) is 6.49. The van der Waals surface area contributed by atoms with Gasteiger partial charge in [-0.3, -0.25) is 4.79 Å². The molecule has 0 saturated heterocycles. The van der Waals surface area contributed by atoms with Gasteiger partial charge >= 0.3 is 0 Å². The van der Waals surface area contributed by atoms with E-state index in [1.165, 1.54) is 5.56 Å². The fraction of sp³-hybridized carbons (Fsp3) is 0.190. The Hall–Kier alpha value is -3.01. The molecule has 2 aromatic carbocycles. The fourth-order valence-electron chi connectivity index (χ4n) is 3.29. The lowest BCUT2D eigenvalue weighted by atomic mass is 9.96. The lowest BCUT2D eigenvalue weighted by molar-refractivity contribution is -0.115. The summed E-state index contributed by atoms with van der Waals surface area (Å²) in [7, 11) is 0. The van der Waals surface area contributed by atoms with E-state index in [0.717, 1.165) is 46.6 Å². The molecule has 4 heteroatoms. The molecule has 0 spiro atoms. The van der Waals surface area contributed by atoms with Crippen molar-refractivity contribution in [3.05, 3.63) is 77.4 Å². The van der Waals surface area contributed by atoms with Crippen molar-refractivity contribution in [2.45, 2.75) is 26.2 Å². The molecule has 0 bridgehead atoms. The summed E-state index contributed by atoms with van der Waals surface area (Å²) in [6, 6.07) is 14.4. The van der Waals surface area contributed by atoms with Crippen molar-refractivity contribution in [3.8, 4) is 11.1 Å². The molecule has 124 valence electrons. The van der Waals surface area contributed by atoms with Crippen LogP contribution in [0.1, 0.15) is 22.5 Å². The van der Waals surface area contributed by atoms with Crippen molar-refractivity contribution in [2.24, 2.45) is 0 Å². The molecule has 1 aliphatic heterocycles. The number of aromatic nitrogens is 2. The van der Waals surface area contributed by atoms with Gasteiger partial charge in [0, 0.05) is 30.1 Å². The van der Waals surface area contributed by atoms with Crippen LogP contribution < -0.4 is 5.32 Å². The Morgan fingerprint density at radius 2 is 1.76 bits per heavy atom. The first-order chi connectivity index (χ1) is 12.2. The number of carbonyl (C=O) groups excluding carboxylic acids is 1. The zero-order chi connectivity index (χ0) is 17.2. The van der Waals surface area contributed by atoms with Crippen LogP contribution in [0, 0.1) is 6.92 Å². The van der Waals surface area contributed by atoms with Crippen LogP contribution in [0.4, 0.5) is 5.69 Å². The highest BCUT2D eigenvalue weighted by atomic mass is 16.1. The van der Waals surface area contributed by atoms with Crippen LogP contribution in [0.25, 0.3) is 11.1 Å². The van der Waals surface area contributed by atoms with Gasteiger partial charge in [-0.1, -0.05) is 36.4 Å². The van der Waals surface area contributed by atoms with Crippen LogP contribution in [-0.2, 0) is 24.1 Å². The molecule has 4 rings (SSSR count). The molecule has 0 atom stereocenters. The first kappa shape index (κ1) is 15.5. The van der Waals surface area contributed by atoms with Crippen LogP contribution in [0.15, 0.2) is 54.9 Å². The molecule has 4 nitrogen and oxygen atoms in total. The normalized spacial score (nSPS) is 12.8. The highest BCUT2D eigenvalue weighted by Gasteiger charge is 2.21. The second kappa shape index (κ2) is 6.48. The number of amides is 1. The molecule has 1 aliphatic rings. The third-order valence-electron chi connectivity index (χ3n) is 4.71. The van der Waals surface area contributed by atoms with Gasteiger partial charge in [0.15, 0.2) is 0 Å². The average molecular weight is 329 g/mol. The monoisotopic (exact) mass is 329 g/mol. The van der Waals surface area contributed by atoms with Crippen molar-refractivity contribution in [3.63, 3.8) is 0 Å². The van der Waals surface area contributed by atoms with Gasteiger partial charge in [0.25, 0.3) is 0 Å². The van der Waals surface area contributed by atoms with E-state index in [9.17, 15) is 4.79 Å². The molecule has 3 aromatic rings. The summed E-state index contributed by atoms with van der Waals surface area (Å²) in [6.45, 7) is 2.05. The summed E-state index contributed by atoms with van der Waals surface area (Å²) in [5, 5.41) is 2.89. The van der Waals surface area contributed by atoms with E-state index >= 15 is 0 Å². The number of aryl methyl sites for hydroxylation is 2. The topological polar surface area (TPSA) is 54.9 Å². The molecule has 0 radical (unpaired) electrons. The van der Waals surface area contributed by atoms with Gasteiger partial charge in [-0.25, -0.2) is 9.97 Å². The van der Waals surface area contributed by atoms with Gasteiger partial charge in [0.05, 0.1) is 6.42 Å². The Bertz CT molecular complexity index is 918. The summed E-state index contributed by atoms with van der Waals surface area (Å²) in [6.07, 6.45) is 5.97. The van der Waals surface area contributed by atoms with Crippen LogP contribution in [0.5, 0.6) is 0 Å². The molecular weight excluding hydrogens is 310 g/mol. The molecule has 0 fully saturated rings. The van der Waals surface area contributed by atoms with Gasteiger partial charge in [-0.15, -0.1) is 0 Å². The second-order valence-electron chi connectivity index (χ2n) is 6.36. The number of benzene rings is 2. The molecule has 0 saturated carbocycles. The second-order valence-corrected chi connectivity index (χ2v) is 6.36. The quantitative estimate of drug-likeness (QED) is 0.793. The number of nitrogens with one attached hydrogen (secondary N) is 1. The molecular formula is C21H19N3O. The van der Waals surface area contributed by atoms with E-state index < -0.39 is 0 Å². The number of nitrogens with zero attached hydrogens (tertiary/aromatic N) is 2. The number of anilines is 1. The number of fused-ring (bicyclic) bond motifs is 1. The predicted molar refractivity (Wildman–Crippen MR) is 98.4 cm³/mol. The molecule has 1 N–H and O–H groups in total. The Balaban J connectivity index is 1.53. The lowest BCUT2D eigenvalue weighted by Gasteiger charge is -2.10. The molecule has 2 heterocycles. The molecule has 0 aliphatic carbocycles. The van der Waals surface area contributed by atoms with Crippen molar-refractivity contribution < 1.29 is 4.79 Å². The lowest BCUT2D eigenvalue weighted by Crippen LogP contribution is -2.03. The predicted octanol–water partition coefficient (Wildman–Crippen LogP) is 3.73. The maximum atomic E-state index is 11.6. The average Bonchev–Trinajstić information content (AvgIpc) is 3.03. The largest absolute Gasteiger partial charge is 0.326 e. The van der Waals surface area contributed by atoms with Crippen LogP contribution >= 0.6 is 0 Å². The van der Waals surface area contributed by atoms with Gasteiger partial charge in [0.2, 0.25) is 5.91 Å². The Kier molecular flexibility index (Phi) is 4.02. The van der Waals surface area contributed by atoms with Gasteiger partial charge in [0.1, 0.15) is 5.82 Å². The maximum Gasteiger partial charge on any atom is 0.228 e. The first-order valence-electron chi connectivity index (χ1n) is 8.48. The fourth-order valence-corrected chi connectivity index (χ4v) is 3.29. The molecule has 25 heavy (non-hydrogen) atoms. The number of rotatable bonds is 4. The van der Waals surface area contributed by atoms with E-state index in [4.69, 9.17) is 0 Å². The van der Waals surface area contributed by atoms with Crippen molar-refractivity contribution in [2.75, 3.05) is 5.32 Å². The van der Waals surface area contributed by atoms with E-state index in [1.807, 2.05) is 30.6 Å². The van der Waals surface area contributed by atoms with Crippen LogP contribution in [-0.4, -0.2) is 15.9 Å². The minimum atomic E-state index is 0.0581. The number of hydrogen-bond acceptors (Lipinski definition) is 3. The highest BCUT2D eigenvalue weighted by Crippen LogP contribution is 2.33. The van der Waals surface area contributed by atoms with Crippen LogP contribution in [0.3, 0.4) is 0 Å². The number of hydrogen-bond donors (Lipinski definition) is 1.